The minimum absolute atomic E-state index is 0. The maximum Gasteiger partial charge on any atom is 0.338 e. The van der Waals surface area contributed by atoms with Crippen LogP contribution < -0.4 is 0 Å². The summed E-state index contributed by atoms with van der Waals surface area (Å²) in [4.78, 5) is 14.6. The van der Waals surface area contributed by atoms with Crippen molar-refractivity contribution in [3.63, 3.8) is 0 Å². The summed E-state index contributed by atoms with van der Waals surface area (Å²) in [5.74, 6) is -0.305. The molecule has 4 nitrogen and oxygen atoms in total. The minimum atomic E-state index is -0.305. The third kappa shape index (κ3) is 5.32. The van der Waals surface area contributed by atoms with Crippen LogP contribution in [0.2, 0.25) is 0 Å². The Bertz CT molecular complexity index is 718. The zero-order valence-corrected chi connectivity index (χ0v) is 14.7. The van der Waals surface area contributed by atoms with Crippen LogP contribution in [0.25, 0.3) is 0 Å². The molecule has 2 aromatic rings. The molecule has 0 bridgehead atoms. The molecule has 0 atom stereocenters. The molecule has 2 aromatic carbocycles. The zero-order valence-electron chi connectivity index (χ0n) is 13.9. The van der Waals surface area contributed by atoms with E-state index in [0.29, 0.717) is 11.1 Å². The largest absolute Gasteiger partial charge is 0.459 e. The van der Waals surface area contributed by atoms with Crippen molar-refractivity contribution < 1.29 is 9.53 Å². The number of rotatable bonds is 4. The standard InChI is InChI=1S/C20H20N2O2.ClH/c21-14-16-6-8-18(9-7-16)20(23)24-19-10-12-22(13-11-19)15-17-4-2-1-3-5-17;/h1-9,19H,10-13,15H2;1H. The summed E-state index contributed by atoms with van der Waals surface area (Å²) < 4.78 is 5.60. The molecule has 25 heavy (non-hydrogen) atoms. The monoisotopic (exact) mass is 356 g/mol. The van der Waals surface area contributed by atoms with Gasteiger partial charge in [0.2, 0.25) is 0 Å². The Kier molecular flexibility index (Phi) is 7.00. The highest BCUT2D eigenvalue weighted by Gasteiger charge is 2.22. The lowest BCUT2D eigenvalue weighted by Crippen LogP contribution is -2.37. The second-order valence-electron chi connectivity index (χ2n) is 6.06. The summed E-state index contributed by atoms with van der Waals surface area (Å²) in [5, 5.41) is 8.79. The maximum absolute atomic E-state index is 12.2. The van der Waals surface area contributed by atoms with Gasteiger partial charge in [0.1, 0.15) is 6.10 Å². The molecule has 1 saturated heterocycles. The Morgan fingerprint density at radius 3 is 2.32 bits per heavy atom. The van der Waals surface area contributed by atoms with E-state index in [9.17, 15) is 4.79 Å². The van der Waals surface area contributed by atoms with Crippen LogP contribution in [0.3, 0.4) is 0 Å². The molecule has 0 unspecified atom stereocenters. The van der Waals surface area contributed by atoms with E-state index in [4.69, 9.17) is 10.00 Å². The number of benzene rings is 2. The van der Waals surface area contributed by atoms with E-state index in [-0.39, 0.29) is 24.5 Å². The van der Waals surface area contributed by atoms with Crippen LogP contribution in [0.15, 0.2) is 54.6 Å². The average Bonchev–Trinajstić information content (AvgIpc) is 2.64. The molecule has 1 fully saturated rings. The van der Waals surface area contributed by atoms with Crippen LogP contribution in [0.4, 0.5) is 0 Å². The van der Waals surface area contributed by atoms with E-state index in [1.807, 2.05) is 12.1 Å². The minimum Gasteiger partial charge on any atom is -0.459 e. The topological polar surface area (TPSA) is 53.3 Å². The van der Waals surface area contributed by atoms with Crippen LogP contribution in [0, 0.1) is 11.3 Å². The van der Waals surface area contributed by atoms with Crippen molar-refractivity contribution in [3.05, 3.63) is 71.3 Å². The van der Waals surface area contributed by atoms with E-state index in [1.54, 1.807) is 24.3 Å². The van der Waals surface area contributed by atoms with E-state index in [2.05, 4.69) is 29.2 Å². The van der Waals surface area contributed by atoms with Gasteiger partial charge >= 0.3 is 5.97 Å². The quantitative estimate of drug-likeness (QED) is 0.782. The first kappa shape index (κ1) is 19.0. The smallest absolute Gasteiger partial charge is 0.338 e. The first-order valence-corrected chi connectivity index (χ1v) is 8.22. The van der Waals surface area contributed by atoms with Gasteiger partial charge in [0.15, 0.2) is 0 Å². The van der Waals surface area contributed by atoms with Gasteiger partial charge in [-0.15, -0.1) is 12.4 Å². The molecule has 3 rings (SSSR count). The molecule has 1 aliphatic rings. The molecular weight excluding hydrogens is 336 g/mol. The lowest BCUT2D eigenvalue weighted by Gasteiger charge is -2.31. The molecule has 0 amide bonds. The van der Waals surface area contributed by atoms with Crippen molar-refractivity contribution in [2.45, 2.75) is 25.5 Å². The molecular formula is C20H21ClN2O2. The number of nitrogens with zero attached hydrogens (tertiary/aromatic N) is 2. The van der Waals surface area contributed by atoms with E-state index in [1.165, 1.54) is 5.56 Å². The zero-order chi connectivity index (χ0) is 16.8. The van der Waals surface area contributed by atoms with E-state index < -0.39 is 0 Å². The average molecular weight is 357 g/mol. The van der Waals surface area contributed by atoms with E-state index >= 15 is 0 Å². The molecule has 0 saturated carbocycles. The Balaban J connectivity index is 0.00000225. The van der Waals surface area contributed by atoms with Gasteiger partial charge < -0.3 is 4.74 Å². The Hall–Kier alpha value is -2.35. The molecule has 0 N–H and O–H groups in total. The number of carbonyl (C=O) groups is 1. The normalized spacial score (nSPS) is 15.0. The molecule has 1 heterocycles. The van der Waals surface area contributed by atoms with Gasteiger partial charge in [-0.1, -0.05) is 30.3 Å². The predicted molar refractivity (Wildman–Crippen MR) is 98.6 cm³/mol. The number of likely N-dealkylation sites (tertiary alicyclic amines) is 1. The van der Waals surface area contributed by atoms with Crippen molar-refractivity contribution in [2.24, 2.45) is 0 Å². The highest BCUT2D eigenvalue weighted by Crippen LogP contribution is 2.18. The van der Waals surface area contributed by atoms with Gasteiger partial charge in [-0.05, 0) is 42.7 Å². The number of hydrogen-bond donors (Lipinski definition) is 0. The number of halogens is 1. The fourth-order valence-corrected chi connectivity index (χ4v) is 2.93. The van der Waals surface area contributed by atoms with Crippen LogP contribution >= 0.6 is 12.4 Å². The molecule has 1 aliphatic heterocycles. The number of ether oxygens (including phenoxy) is 1. The second-order valence-corrected chi connectivity index (χ2v) is 6.06. The van der Waals surface area contributed by atoms with Gasteiger partial charge in [0.25, 0.3) is 0 Å². The number of carbonyl (C=O) groups excluding carboxylic acids is 1. The molecule has 0 aliphatic carbocycles. The fraction of sp³-hybridized carbons (Fsp3) is 0.300. The molecule has 130 valence electrons. The molecule has 0 aromatic heterocycles. The van der Waals surface area contributed by atoms with Crippen molar-refractivity contribution in [1.82, 2.24) is 4.90 Å². The first-order chi connectivity index (χ1) is 11.7. The van der Waals surface area contributed by atoms with Crippen molar-refractivity contribution >= 4 is 18.4 Å². The van der Waals surface area contributed by atoms with Crippen LogP contribution in [-0.2, 0) is 11.3 Å². The van der Waals surface area contributed by atoms with Gasteiger partial charge in [0.05, 0.1) is 17.2 Å². The highest BCUT2D eigenvalue weighted by atomic mass is 35.5. The number of piperidine rings is 1. The van der Waals surface area contributed by atoms with Crippen LogP contribution in [0.5, 0.6) is 0 Å². The summed E-state index contributed by atoms with van der Waals surface area (Å²) in [5.41, 5.74) is 2.35. The molecule has 0 spiro atoms. The molecule has 5 heteroatoms. The summed E-state index contributed by atoms with van der Waals surface area (Å²) in [7, 11) is 0. The highest BCUT2D eigenvalue weighted by molar-refractivity contribution is 5.89. The summed E-state index contributed by atoms with van der Waals surface area (Å²) in [6.07, 6.45) is 1.68. The third-order valence-corrected chi connectivity index (χ3v) is 4.31. The van der Waals surface area contributed by atoms with Gasteiger partial charge in [-0.25, -0.2) is 4.79 Å². The Morgan fingerprint density at radius 1 is 1.08 bits per heavy atom. The van der Waals surface area contributed by atoms with Gasteiger partial charge in [0, 0.05) is 19.6 Å². The first-order valence-electron chi connectivity index (χ1n) is 8.22. The predicted octanol–water partition coefficient (Wildman–Crippen LogP) is 3.80. The van der Waals surface area contributed by atoms with E-state index in [0.717, 1.165) is 32.5 Å². The fourth-order valence-electron chi connectivity index (χ4n) is 2.93. The number of nitriles is 1. The van der Waals surface area contributed by atoms with Crippen molar-refractivity contribution in [1.29, 1.82) is 5.26 Å². The maximum atomic E-state index is 12.2. The summed E-state index contributed by atoms with van der Waals surface area (Å²) in [6.45, 7) is 2.80. The number of hydrogen-bond acceptors (Lipinski definition) is 4. The van der Waals surface area contributed by atoms with Gasteiger partial charge in [-0.2, -0.15) is 5.26 Å². The third-order valence-electron chi connectivity index (χ3n) is 4.31. The second kappa shape index (κ2) is 9.22. The number of esters is 1. The molecule has 0 radical (unpaired) electrons. The Labute approximate surface area is 154 Å². The lowest BCUT2D eigenvalue weighted by atomic mass is 10.1. The SMILES string of the molecule is Cl.N#Cc1ccc(C(=O)OC2CCN(Cc3ccccc3)CC2)cc1. The van der Waals surface area contributed by atoms with Crippen molar-refractivity contribution in [2.75, 3.05) is 13.1 Å². The van der Waals surface area contributed by atoms with Crippen molar-refractivity contribution in [3.8, 4) is 6.07 Å². The lowest BCUT2D eigenvalue weighted by molar-refractivity contribution is 0.0104. The van der Waals surface area contributed by atoms with Crippen LogP contribution in [-0.4, -0.2) is 30.1 Å². The Morgan fingerprint density at radius 2 is 1.72 bits per heavy atom. The van der Waals surface area contributed by atoms with Crippen LogP contribution in [0.1, 0.15) is 34.3 Å². The summed E-state index contributed by atoms with van der Waals surface area (Å²) in [6, 6.07) is 19.0. The van der Waals surface area contributed by atoms with Gasteiger partial charge in [-0.3, -0.25) is 4.90 Å². The summed E-state index contributed by atoms with van der Waals surface area (Å²) >= 11 is 0.